The van der Waals surface area contributed by atoms with Crippen molar-refractivity contribution in [2.24, 2.45) is 12.8 Å². The molecule has 0 atom stereocenters. The van der Waals surface area contributed by atoms with Crippen molar-refractivity contribution in [1.29, 1.82) is 0 Å². The van der Waals surface area contributed by atoms with Crippen molar-refractivity contribution in [2.45, 2.75) is 13.5 Å². The standard InChI is InChI=1S/C16H18N4O/c1-12-15(11-19-20(12)2)16(21)18-10-14-6-3-5-13(9-14)7-4-8-17/h3,5-6,9,11H,8,10,17H2,1-2H3,(H,18,21). The van der Waals surface area contributed by atoms with Crippen LogP contribution in [0.3, 0.4) is 0 Å². The monoisotopic (exact) mass is 282 g/mol. The van der Waals surface area contributed by atoms with E-state index < -0.39 is 0 Å². The van der Waals surface area contributed by atoms with E-state index in [1.807, 2.05) is 38.2 Å². The maximum absolute atomic E-state index is 12.1. The molecule has 2 aromatic rings. The zero-order chi connectivity index (χ0) is 15.2. The van der Waals surface area contributed by atoms with E-state index >= 15 is 0 Å². The largest absolute Gasteiger partial charge is 0.348 e. The van der Waals surface area contributed by atoms with Gasteiger partial charge in [0.25, 0.3) is 5.91 Å². The van der Waals surface area contributed by atoms with Crippen LogP contribution in [-0.2, 0) is 13.6 Å². The third kappa shape index (κ3) is 3.71. The van der Waals surface area contributed by atoms with E-state index in [0.717, 1.165) is 16.8 Å². The topological polar surface area (TPSA) is 72.9 Å². The number of aromatic nitrogens is 2. The molecular formula is C16H18N4O. The van der Waals surface area contributed by atoms with E-state index in [1.165, 1.54) is 0 Å². The molecule has 5 nitrogen and oxygen atoms in total. The van der Waals surface area contributed by atoms with Crippen LogP contribution in [-0.4, -0.2) is 22.2 Å². The van der Waals surface area contributed by atoms with Gasteiger partial charge in [-0.1, -0.05) is 24.0 Å². The van der Waals surface area contributed by atoms with Crippen LogP contribution >= 0.6 is 0 Å². The summed E-state index contributed by atoms with van der Waals surface area (Å²) < 4.78 is 1.68. The Bertz CT molecular complexity index is 707. The summed E-state index contributed by atoms with van der Waals surface area (Å²) in [7, 11) is 1.81. The fraction of sp³-hybridized carbons (Fsp3) is 0.250. The highest BCUT2D eigenvalue weighted by Gasteiger charge is 2.12. The fourth-order valence-corrected chi connectivity index (χ4v) is 1.91. The number of hydrogen-bond donors (Lipinski definition) is 2. The molecule has 1 amide bonds. The molecule has 0 aliphatic carbocycles. The number of carbonyl (C=O) groups excluding carboxylic acids is 1. The number of aryl methyl sites for hydroxylation is 1. The maximum Gasteiger partial charge on any atom is 0.255 e. The molecule has 108 valence electrons. The van der Waals surface area contributed by atoms with E-state index in [1.54, 1.807) is 10.9 Å². The van der Waals surface area contributed by atoms with Gasteiger partial charge in [0.15, 0.2) is 0 Å². The number of amides is 1. The number of benzene rings is 1. The molecule has 0 radical (unpaired) electrons. The minimum absolute atomic E-state index is 0.126. The Morgan fingerprint density at radius 1 is 1.48 bits per heavy atom. The van der Waals surface area contributed by atoms with Gasteiger partial charge >= 0.3 is 0 Å². The predicted octanol–water partition coefficient (Wildman–Crippen LogP) is 0.969. The summed E-state index contributed by atoms with van der Waals surface area (Å²) in [5.41, 5.74) is 8.68. The lowest BCUT2D eigenvalue weighted by Gasteiger charge is -2.05. The van der Waals surface area contributed by atoms with Gasteiger partial charge in [-0.2, -0.15) is 5.10 Å². The van der Waals surface area contributed by atoms with Gasteiger partial charge in [0, 0.05) is 24.8 Å². The smallest absolute Gasteiger partial charge is 0.255 e. The highest BCUT2D eigenvalue weighted by Crippen LogP contribution is 2.07. The normalized spacial score (nSPS) is 9.86. The van der Waals surface area contributed by atoms with Crippen molar-refractivity contribution in [3.8, 4) is 11.8 Å². The lowest BCUT2D eigenvalue weighted by atomic mass is 10.1. The second-order valence-corrected chi connectivity index (χ2v) is 4.66. The van der Waals surface area contributed by atoms with E-state index in [9.17, 15) is 4.79 Å². The average Bonchev–Trinajstić information content (AvgIpc) is 2.83. The van der Waals surface area contributed by atoms with E-state index in [0.29, 0.717) is 18.7 Å². The predicted molar refractivity (Wildman–Crippen MR) is 81.5 cm³/mol. The van der Waals surface area contributed by atoms with Crippen LogP contribution in [0.25, 0.3) is 0 Å². The zero-order valence-corrected chi connectivity index (χ0v) is 12.2. The summed E-state index contributed by atoms with van der Waals surface area (Å²) in [4.78, 5) is 12.1. The summed E-state index contributed by atoms with van der Waals surface area (Å²) in [6.45, 7) is 2.65. The van der Waals surface area contributed by atoms with Gasteiger partial charge in [0.2, 0.25) is 0 Å². The van der Waals surface area contributed by atoms with E-state index in [-0.39, 0.29) is 5.91 Å². The molecule has 3 N–H and O–H groups in total. The lowest BCUT2D eigenvalue weighted by Crippen LogP contribution is -2.23. The third-order valence-corrected chi connectivity index (χ3v) is 3.19. The van der Waals surface area contributed by atoms with E-state index in [4.69, 9.17) is 5.73 Å². The van der Waals surface area contributed by atoms with Crippen molar-refractivity contribution < 1.29 is 4.79 Å². The molecule has 1 aromatic carbocycles. The van der Waals surface area contributed by atoms with Crippen molar-refractivity contribution in [1.82, 2.24) is 15.1 Å². The summed E-state index contributed by atoms with van der Waals surface area (Å²) in [6, 6.07) is 7.72. The Hall–Kier alpha value is -2.58. The first-order valence-electron chi connectivity index (χ1n) is 6.66. The second-order valence-electron chi connectivity index (χ2n) is 4.66. The second kappa shape index (κ2) is 6.73. The lowest BCUT2D eigenvalue weighted by molar-refractivity contribution is 0.0950. The molecule has 0 saturated carbocycles. The van der Waals surface area contributed by atoms with Gasteiger partial charge < -0.3 is 11.1 Å². The quantitative estimate of drug-likeness (QED) is 0.824. The molecule has 1 aromatic heterocycles. The molecule has 0 fully saturated rings. The van der Waals surface area contributed by atoms with Crippen LogP contribution < -0.4 is 11.1 Å². The highest BCUT2D eigenvalue weighted by molar-refractivity contribution is 5.94. The van der Waals surface area contributed by atoms with Crippen LogP contribution in [0.4, 0.5) is 0 Å². The third-order valence-electron chi connectivity index (χ3n) is 3.19. The molecule has 0 unspecified atom stereocenters. The van der Waals surface area contributed by atoms with Crippen molar-refractivity contribution in [3.63, 3.8) is 0 Å². The van der Waals surface area contributed by atoms with Crippen molar-refractivity contribution in [3.05, 3.63) is 52.8 Å². The summed E-state index contributed by atoms with van der Waals surface area (Å²) in [5, 5.41) is 6.95. The number of nitrogens with zero attached hydrogens (tertiary/aromatic N) is 2. The van der Waals surface area contributed by atoms with E-state index in [2.05, 4.69) is 22.3 Å². The Labute approximate surface area is 124 Å². The number of carbonyl (C=O) groups is 1. The Balaban J connectivity index is 2.03. The Kier molecular flexibility index (Phi) is 4.75. The van der Waals surface area contributed by atoms with Crippen molar-refractivity contribution in [2.75, 3.05) is 6.54 Å². The zero-order valence-electron chi connectivity index (χ0n) is 12.2. The summed E-state index contributed by atoms with van der Waals surface area (Å²) in [6.07, 6.45) is 1.58. The number of nitrogens with one attached hydrogen (secondary N) is 1. The Morgan fingerprint density at radius 3 is 2.95 bits per heavy atom. The van der Waals surface area contributed by atoms with Gasteiger partial charge in [0.05, 0.1) is 18.3 Å². The van der Waals surface area contributed by atoms with Crippen LogP contribution in [0, 0.1) is 18.8 Å². The molecule has 0 bridgehead atoms. The molecule has 0 aliphatic heterocycles. The summed E-state index contributed by atoms with van der Waals surface area (Å²) in [5.74, 6) is 5.66. The highest BCUT2D eigenvalue weighted by atomic mass is 16.1. The molecule has 1 heterocycles. The number of rotatable bonds is 3. The molecule has 0 aliphatic rings. The van der Waals surface area contributed by atoms with Crippen LogP contribution in [0.15, 0.2) is 30.5 Å². The minimum atomic E-state index is -0.126. The van der Waals surface area contributed by atoms with Gasteiger partial charge in [0.1, 0.15) is 0 Å². The van der Waals surface area contributed by atoms with Gasteiger partial charge in [-0.05, 0) is 24.6 Å². The van der Waals surface area contributed by atoms with Crippen LogP contribution in [0.5, 0.6) is 0 Å². The summed E-state index contributed by atoms with van der Waals surface area (Å²) >= 11 is 0. The first kappa shape index (κ1) is 14.8. The first-order chi connectivity index (χ1) is 10.1. The Morgan fingerprint density at radius 2 is 2.29 bits per heavy atom. The molecule has 5 heteroatoms. The van der Waals surface area contributed by atoms with Crippen LogP contribution in [0.2, 0.25) is 0 Å². The van der Waals surface area contributed by atoms with Gasteiger partial charge in [-0.25, -0.2) is 0 Å². The number of hydrogen-bond acceptors (Lipinski definition) is 3. The van der Waals surface area contributed by atoms with Gasteiger partial charge in [-0.15, -0.1) is 0 Å². The number of nitrogens with two attached hydrogens (primary N) is 1. The fourth-order valence-electron chi connectivity index (χ4n) is 1.91. The van der Waals surface area contributed by atoms with Crippen LogP contribution in [0.1, 0.15) is 27.2 Å². The minimum Gasteiger partial charge on any atom is -0.348 e. The molecule has 21 heavy (non-hydrogen) atoms. The first-order valence-corrected chi connectivity index (χ1v) is 6.66. The molecule has 0 spiro atoms. The van der Waals surface area contributed by atoms with Gasteiger partial charge in [-0.3, -0.25) is 9.48 Å². The molecular weight excluding hydrogens is 264 g/mol. The molecule has 2 rings (SSSR count). The SMILES string of the molecule is Cc1c(C(=O)NCc2cccc(C#CCN)c2)cnn1C. The molecule has 0 saturated heterocycles. The van der Waals surface area contributed by atoms with Crippen molar-refractivity contribution >= 4 is 5.91 Å². The maximum atomic E-state index is 12.1. The average molecular weight is 282 g/mol.